The second kappa shape index (κ2) is 6.72. The van der Waals surface area contributed by atoms with Crippen LogP contribution in [-0.4, -0.2) is 39.3 Å². The van der Waals surface area contributed by atoms with E-state index in [1.807, 2.05) is 41.3 Å². The summed E-state index contributed by atoms with van der Waals surface area (Å²) >= 11 is 0. The third kappa shape index (κ3) is 3.21. The Kier molecular flexibility index (Phi) is 4.12. The molecule has 1 aliphatic rings. The Balaban J connectivity index is 1.46. The first-order valence-corrected chi connectivity index (χ1v) is 8.16. The second-order valence-electron chi connectivity index (χ2n) is 5.82. The number of ether oxygens (including phenoxy) is 1. The topological polar surface area (TPSA) is 73.1 Å². The van der Waals surface area contributed by atoms with Crippen LogP contribution in [0.5, 0.6) is 5.75 Å². The molecule has 7 nitrogen and oxygen atoms in total. The fourth-order valence-corrected chi connectivity index (χ4v) is 3.01. The molecule has 25 heavy (non-hydrogen) atoms. The number of aryl methyl sites for hydroxylation is 1. The van der Waals surface area contributed by atoms with Crippen molar-refractivity contribution in [2.75, 3.05) is 18.1 Å². The molecule has 0 saturated heterocycles. The van der Waals surface area contributed by atoms with Crippen LogP contribution in [-0.2, 0) is 11.2 Å². The highest BCUT2D eigenvalue weighted by molar-refractivity contribution is 5.95. The van der Waals surface area contributed by atoms with E-state index >= 15 is 0 Å². The summed E-state index contributed by atoms with van der Waals surface area (Å²) in [5.74, 6) is 0.562. The SMILES string of the molecule is O=C(COc1cccc(-n2cnnn2)c1)N1CCCc2ccccc21. The van der Waals surface area contributed by atoms with Gasteiger partial charge in [0.25, 0.3) is 5.91 Å². The molecule has 4 rings (SSSR count). The van der Waals surface area contributed by atoms with Crippen molar-refractivity contribution < 1.29 is 9.53 Å². The van der Waals surface area contributed by atoms with Crippen molar-refractivity contribution in [1.82, 2.24) is 20.2 Å². The lowest BCUT2D eigenvalue weighted by atomic mass is 10.0. The van der Waals surface area contributed by atoms with Crippen molar-refractivity contribution in [3.63, 3.8) is 0 Å². The van der Waals surface area contributed by atoms with E-state index in [2.05, 4.69) is 21.6 Å². The number of aromatic nitrogens is 4. The quantitative estimate of drug-likeness (QED) is 0.729. The zero-order valence-electron chi connectivity index (χ0n) is 13.6. The molecule has 126 valence electrons. The average molecular weight is 335 g/mol. The number of hydrogen-bond donors (Lipinski definition) is 0. The van der Waals surface area contributed by atoms with Crippen LogP contribution in [0.3, 0.4) is 0 Å². The van der Waals surface area contributed by atoms with E-state index in [0.717, 1.165) is 30.8 Å². The Bertz CT molecular complexity index is 879. The number of nitrogens with zero attached hydrogens (tertiary/aromatic N) is 5. The monoisotopic (exact) mass is 335 g/mol. The summed E-state index contributed by atoms with van der Waals surface area (Å²) < 4.78 is 7.24. The molecule has 0 unspecified atom stereocenters. The van der Waals surface area contributed by atoms with Gasteiger partial charge in [-0.05, 0) is 47.0 Å². The second-order valence-corrected chi connectivity index (χ2v) is 5.82. The maximum absolute atomic E-state index is 12.6. The van der Waals surface area contributed by atoms with Crippen molar-refractivity contribution in [3.05, 3.63) is 60.4 Å². The average Bonchev–Trinajstić information content (AvgIpc) is 3.21. The lowest BCUT2D eigenvalue weighted by molar-refractivity contribution is -0.120. The summed E-state index contributed by atoms with van der Waals surface area (Å²) in [6, 6.07) is 15.3. The third-order valence-electron chi connectivity index (χ3n) is 4.20. The lowest BCUT2D eigenvalue weighted by Crippen LogP contribution is -2.38. The van der Waals surface area contributed by atoms with E-state index in [4.69, 9.17) is 4.74 Å². The van der Waals surface area contributed by atoms with Crippen molar-refractivity contribution in [2.45, 2.75) is 12.8 Å². The van der Waals surface area contributed by atoms with Crippen molar-refractivity contribution >= 4 is 11.6 Å². The van der Waals surface area contributed by atoms with Crippen LogP contribution in [0.4, 0.5) is 5.69 Å². The normalized spacial score (nSPS) is 13.4. The molecule has 3 aromatic rings. The molecule has 0 N–H and O–H groups in total. The number of fused-ring (bicyclic) bond motifs is 1. The Morgan fingerprint density at radius 1 is 1.16 bits per heavy atom. The van der Waals surface area contributed by atoms with Crippen LogP contribution >= 0.6 is 0 Å². The first-order chi connectivity index (χ1) is 12.3. The van der Waals surface area contributed by atoms with E-state index in [1.165, 1.54) is 16.6 Å². The number of hydrogen-bond acceptors (Lipinski definition) is 5. The van der Waals surface area contributed by atoms with Gasteiger partial charge in [-0.1, -0.05) is 24.3 Å². The first-order valence-electron chi connectivity index (χ1n) is 8.16. The smallest absolute Gasteiger partial charge is 0.264 e. The first kappa shape index (κ1) is 15.3. The van der Waals surface area contributed by atoms with E-state index < -0.39 is 0 Å². The van der Waals surface area contributed by atoms with Gasteiger partial charge in [-0.15, -0.1) is 5.10 Å². The predicted molar refractivity (Wildman–Crippen MR) is 91.8 cm³/mol. The molecule has 1 amide bonds. The third-order valence-corrected chi connectivity index (χ3v) is 4.20. The molecule has 2 aromatic carbocycles. The molecule has 0 atom stereocenters. The molecule has 0 radical (unpaired) electrons. The number of rotatable bonds is 4. The molecule has 0 spiro atoms. The molecule has 7 heteroatoms. The summed E-state index contributed by atoms with van der Waals surface area (Å²) in [4.78, 5) is 14.4. The van der Waals surface area contributed by atoms with Crippen LogP contribution in [0.25, 0.3) is 5.69 Å². The molecular formula is C18H17N5O2. The molecule has 0 saturated carbocycles. The Morgan fingerprint density at radius 3 is 2.96 bits per heavy atom. The van der Waals surface area contributed by atoms with Gasteiger partial charge in [-0.25, -0.2) is 4.68 Å². The largest absolute Gasteiger partial charge is 0.484 e. The van der Waals surface area contributed by atoms with Gasteiger partial charge in [0, 0.05) is 18.3 Å². The molecule has 1 aliphatic heterocycles. The summed E-state index contributed by atoms with van der Waals surface area (Å²) in [7, 11) is 0. The van der Waals surface area contributed by atoms with Gasteiger partial charge < -0.3 is 9.64 Å². The molecule has 0 bridgehead atoms. The maximum atomic E-state index is 12.6. The van der Waals surface area contributed by atoms with Crippen molar-refractivity contribution in [1.29, 1.82) is 0 Å². The van der Waals surface area contributed by atoms with E-state index in [-0.39, 0.29) is 12.5 Å². The Morgan fingerprint density at radius 2 is 2.08 bits per heavy atom. The minimum absolute atomic E-state index is 0.00655. The summed E-state index contributed by atoms with van der Waals surface area (Å²) in [6.07, 6.45) is 3.49. The molecule has 1 aromatic heterocycles. The summed E-state index contributed by atoms with van der Waals surface area (Å²) in [5, 5.41) is 11.1. The minimum Gasteiger partial charge on any atom is -0.484 e. The number of carbonyl (C=O) groups excluding carboxylic acids is 1. The zero-order valence-corrected chi connectivity index (χ0v) is 13.6. The van der Waals surface area contributed by atoms with E-state index in [9.17, 15) is 4.79 Å². The fourth-order valence-electron chi connectivity index (χ4n) is 3.01. The number of tetrazole rings is 1. The zero-order chi connectivity index (χ0) is 17.1. The van der Waals surface area contributed by atoms with Gasteiger partial charge >= 0.3 is 0 Å². The van der Waals surface area contributed by atoms with Gasteiger partial charge in [0.15, 0.2) is 6.61 Å². The number of amides is 1. The highest BCUT2D eigenvalue weighted by Crippen LogP contribution is 2.26. The molecule has 0 fully saturated rings. The van der Waals surface area contributed by atoms with Gasteiger partial charge in [-0.2, -0.15) is 0 Å². The molecule has 0 aliphatic carbocycles. The van der Waals surface area contributed by atoms with Gasteiger partial charge in [0.2, 0.25) is 0 Å². The van der Waals surface area contributed by atoms with Gasteiger partial charge in [-0.3, -0.25) is 4.79 Å². The number of para-hydroxylation sites is 1. The molecule has 2 heterocycles. The van der Waals surface area contributed by atoms with Gasteiger partial charge in [0.1, 0.15) is 12.1 Å². The fraction of sp³-hybridized carbons (Fsp3) is 0.222. The number of anilines is 1. The van der Waals surface area contributed by atoms with Crippen LogP contribution < -0.4 is 9.64 Å². The molecular weight excluding hydrogens is 318 g/mol. The van der Waals surface area contributed by atoms with Crippen molar-refractivity contribution in [2.24, 2.45) is 0 Å². The number of benzene rings is 2. The Labute approximate surface area is 144 Å². The van der Waals surface area contributed by atoms with E-state index in [1.54, 1.807) is 6.07 Å². The highest BCUT2D eigenvalue weighted by Gasteiger charge is 2.22. The van der Waals surface area contributed by atoms with Crippen LogP contribution in [0.2, 0.25) is 0 Å². The lowest BCUT2D eigenvalue weighted by Gasteiger charge is -2.29. The van der Waals surface area contributed by atoms with Crippen LogP contribution in [0.1, 0.15) is 12.0 Å². The Hall–Kier alpha value is -3.22. The number of carbonyl (C=O) groups is 1. The highest BCUT2D eigenvalue weighted by atomic mass is 16.5. The van der Waals surface area contributed by atoms with Gasteiger partial charge in [0.05, 0.1) is 5.69 Å². The van der Waals surface area contributed by atoms with Crippen molar-refractivity contribution in [3.8, 4) is 11.4 Å². The van der Waals surface area contributed by atoms with Crippen LogP contribution in [0.15, 0.2) is 54.9 Å². The summed E-state index contributed by atoms with van der Waals surface area (Å²) in [6.45, 7) is 0.720. The van der Waals surface area contributed by atoms with E-state index in [0.29, 0.717) is 5.75 Å². The summed E-state index contributed by atoms with van der Waals surface area (Å²) in [5.41, 5.74) is 2.98. The minimum atomic E-state index is -0.0417. The standard InChI is InChI=1S/C18H17N5O2/c24-18(22-10-4-6-14-5-1-2-9-17(14)22)12-25-16-8-3-7-15(11-16)23-13-19-20-21-23/h1-3,5,7-9,11,13H,4,6,10,12H2. The van der Waals surface area contributed by atoms with Crippen LogP contribution in [0, 0.1) is 0 Å². The maximum Gasteiger partial charge on any atom is 0.264 e. The predicted octanol–water partition coefficient (Wildman–Crippen LogP) is 2.02.